The molecule has 0 saturated carbocycles. The highest BCUT2D eigenvalue weighted by Gasteiger charge is 2.30. The Bertz CT molecular complexity index is 702. The zero-order valence-corrected chi connectivity index (χ0v) is 16.1. The van der Waals surface area contributed by atoms with Crippen LogP contribution in [0.3, 0.4) is 0 Å². The minimum atomic E-state index is -0.0278. The van der Waals surface area contributed by atoms with Crippen molar-refractivity contribution in [3.8, 4) is 11.5 Å². The minimum Gasteiger partial charge on any atom is -0.497 e. The Morgan fingerprint density at radius 2 is 1.70 bits per heavy atom. The Kier molecular flexibility index (Phi) is 6.37. The molecule has 6 nitrogen and oxygen atoms in total. The van der Waals surface area contributed by atoms with Crippen LogP contribution in [-0.4, -0.2) is 62.0 Å². The average molecular weight is 372 g/mol. The summed E-state index contributed by atoms with van der Waals surface area (Å²) in [4.78, 5) is 28.8. The van der Waals surface area contributed by atoms with Crippen LogP contribution in [0.4, 0.5) is 0 Å². The van der Waals surface area contributed by atoms with E-state index >= 15 is 0 Å². The fourth-order valence-corrected chi connectivity index (χ4v) is 3.77. The average Bonchev–Trinajstić information content (AvgIpc) is 3.26. The van der Waals surface area contributed by atoms with Crippen LogP contribution in [0.15, 0.2) is 24.3 Å². The third-order valence-corrected chi connectivity index (χ3v) is 5.42. The Morgan fingerprint density at radius 1 is 1.00 bits per heavy atom. The van der Waals surface area contributed by atoms with E-state index in [-0.39, 0.29) is 17.7 Å². The number of carbonyl (C=O) groups excluding carboxylic acids is 2. The van der Waals surface area contributed by atoms with Crippen molar-refractivity contribution in [3.63, 3.8) is 0 Å². The number of nitrogens with zero attached hydrogens (tertiary/aromatic N) is 2. The Balaban J connectivity index is 1.55. The molecule has 6 heteroatoms. The third kappa shape index (κ3) is 4.62. The van der Waals surface area contributed by atoms with E-state index in [1.165, 1.54) is 0 Å². The van der Waals surface area contributed by atoms with Gasteiger partial charge in [-0.05, 0) is 43.9 Å². The molecule has 2 heterocycles. The standard InChI is InChI=1S/C21H28N2O4/c1-26-18-7-5-16(19(15-18)27-2)6-8-20(24)22-13-9-17(10-14-22)21(25)23-11-3-4-12-23/h5-8,15,17H,3-4,9-14H2,1-2H3/b8-6+. The van der Waals surface area contributed by atoms with Gasteiger partial charge in [-0.3, -0.25) is 9.59 Å². The smallest absolute Gasteiger partial charge is 0.246 e. The number of ether oxygens (including phenoxy) is 2. The second-order valence-corrected chi connectivity index (χ2v) is 7.07. The normalized spacial score (nSPS) is 18.1. The predicted molar refractivity (Wildman–Crippen MR) is 104 cm³/mol. The molecule has 0 bridgehead atoms. The van der Waals surface area contributed by atoms with Crippen molar-refractivity contribution >= 4 is 17.9 Å². The van der Waals surface area contributed by atoms with Crippen molar-refractivity contribution in [2.75, 3.05) is 40.4 Å². The van der Waals surface area contributed by atoms with Crippen LogP contribution in [-0.2, 0) is 9.59 Å². The van der Waals surface area contributed by atoms with Crippen molar-refractivity contribution in [3.05, 3.63) is 29.8 Å². The fraction of sp³-hybridized carbons (Fsp3) is 0.524. The van der Waals surface area contributed by atoms with Crippen LogP contribution in [0.25, 0.3) is 6.08 Å². The molecule has 0 spiro atoms. The number of rotatable bonds is 5. The first-order valence-electron chi connectivity index (χ1n) is 9.60. The number of benzene rings is 1. The maximum Gasteiger partial charge on any atom is 0.246 e. The summed E-state index contributed by atoms with van der Waals surface area (Å²) < 4.78 is 10.5. The Labute approximate surface area is 160 Å². The highest BCUT2D eigenvalue weighted by molar-refractivity contribution is 5.92. The molecular formula is C21H28N2O4. The van der Waals surface area contributed by atoms with E-state index in [1.807, 2.05) is 21.9 Å². The maximum atomic E-state index is 12.5. The second-order valence-electron chi connectivity index (χ2n) is 7.07. The van der Waals surface area contributed by atoms with Gasteiger partial charge in [0.25, 0.3) is 0 Å². The van der Waals surface area contributed by atoms with E-state index in [9.17, 15) is 9.59 Å². The van der Waals surface area contributed by atoms with E-state index in [0.29, 0.717) is 24.6 Å². The van der Waals surface area contributed by atoms with Gasteiger partial charge in [0.1, 0.15) is 11.5 Å². The molecule has 2 fully saturated rings. The molecule has 0 N–H and O–H groups in total. The number of methoxy groups -OCH3 is 2. The second kappa shape index (κ2) is 8.93. The molecule has 2 aliphatic rings. The molecule has 146 valence electrons. The lowest BCUT2D eigenvalue weighted by atomic mass is 9.95. The predicted octanol–water partition coefficient (Wildman–Crippen LogP) is 2.58. The zero-order chi connectivity index (χ0) is 19.2. The summed E-state index contributed by atoms with van der Waals surface area (Å²) in [6, 6.07) is 5.49. The molecule has 1 aromatic carbocycles. The summed E-state index contributed by atoms with van der Waals surface area (Å²) in [5.41, 5.74) is 0.825. The van der Waals surface area contributed by atoms with Crippen LogP contribution >= 0.6 is 0 Å². The molecule has 3 rings (SSSR count). The van der Waals surface area contributed by atoms with Gasteiger partial charge in [0, 0.05) is 49.8 Å². The molecule has 0 unspecified atom stereocenters. The first kappa shape index (κ1) is 19.3. The summed E-state index contributed by atoms with van der Waals surface area (Å²) in [5.74, 6) is 1.68. The quantitative estimate of drug-likeness (QED) is 0.746. The number of carbonyl (C=O) groups is 2. The van der Waals surface area contributed by atoms with Crippen molar-refractivity contribution in [1.82, 2.24) is 9.80 Å². The number of likely N-dealkylation sites (tertiary alicyclic amines) is 2. The van der Waals surface area contributed by atoms with Crippen molar-refractivity contribution in [2.45, 2.75) is 25.7 Å². The summed E-state index contributed by atoms with van der Waals surface area (Å²) in [7, 11) is 3.20. The monoisotopic (exact) mass is 372 g/mol. The molecule has 0 atom stereocenters. The molecule has 2 saturated heterocycles. The first-order chi connectivity index (χ1) is 13.1. The van der Waals surface area contributed by atoms with Crippen LogP contribution in [0.5, 0.6) is 11.5 Å². The number of piperidine rings is 1. The highest BCUT2D eigenvalue weighted by Crippen LogP contribution is 2.26. The molecular weight excluding hydrogens is 344 g/mol. The molecule has 2 aliphatic heterocycles. The lowest BCUT2D eigenvalue weighted by molar-refractivity contribution is -0.138. The van der Waals surface area contributed by atoms with E-state index in [0.717, 1.165) is 44.3 Å². The van der Waals surface area contributed by atoms with Gasteiger partial charge >= 0.3 is 0 Å². The van der Waals surface area contributed by atoms with Gasteiger partial charge in [-0.25, -0.2) is 0 Å². The van der Waals surface area contributed by atoms with Crippen LogP contribution in [0.2, 0.25) is 0 Å². The minimum absolute atomic E-state index is 0.0278. The fourth-order valence-electron chi connectivity index (χ4n) is 3.77. The zero-order valence-electron chi connectivity index (χ0n) is 16.1. The largest absolute Gasteiger partial charge is 0.497 e. The number of amides is 2. The van der Waals surface area contributed by atoms with E-state index in [1.54, 1.807) is 32.4 Å². The SMILES string of the molecule is COc1ccc(/C=C/C(=O)N2CCC(C(=O)N3CCCC3)CC2)c(OC)c1. The maximum absolute atomic E-state index is 12.5. The van der Waals surface area contributed by atoms with E-state index in [2.05, 4.69) is 0 Å². The lowest BCUT2D eigenvalue weighted by Gasteiger charge is -2.32. The van der Waals surface area contributed by atoms with Crippen molar-refractivity contribution in [1.29, 1.82) is 0 Å². The van der Waals surface area contributed by atoms with E-state index in [4.69, 9.17) is 9.47 Å². The van der Waals surface area contributed by atoms with Gasteiger partial charge in [0.2, 0.25) is 11.8 Å². The summed E-state index contributed by atoms with van der Waals surface area (Å²) >= 11 is 0. The molecule has 0 aliphatic carbocycles. The van der Waals surface area contributed by atoms with E-state index < -0.39 is 0 Å². The topological polar surface area (TPSA) is 59.1 Å². The summed E-state index contributed by atoms with van der Waals surface area (Å²) in [5, 5.41) is 0. The van der Waals surface area contributed by atoms with Gasteiger partial charge < -0.3 is 19.3 Å². The molecule has 0 aromatic heterocycles. The van der Waals surface area contributed by atoms with Gasteiger partial charge in [0.15, 0.2) is 0 Å². The summed E-state index contributed by atoms with van der Waals surface area (Å²) in [6.45, 7) is 3.05. The Hall–Kier alpha value is -2.50. The molecule has 27 heavy (non-hydrogen) atoms. The number of hydrogen-bond acceptors (Lipinski definition) is 4. The Morgan fingerprint density at radius 3 is 2.33 bits per heavy atom. The van der Waals surface area contributed by atoms with Gasteiger partial charge in [-0.1, -0.05) is 0 Å². The molecule has 0 radical (unpaired) electrons. The number of hydrogen-bond donors (Lipinski definition) is 0. The molecule has 2 amide bonds. The third-order valence-electron chi connectivity index (χ3n) is 5.42. The summed E-state index contributed by atoms with van der Waals surface area (Å²) in [6.07, 6.45) is 7.07. The van der Waals surface area contributed by atoms with Crippen LogP contribution < -0.4 is 9.47 Å². The van der Waals surface area contributed by atoms with Crippen LogP contribution in [0, 0.1) is 5.92 Å². The highest BCUT2D eigenvalue weighted by atomic mass is 16.5. The van der Waals surface area contributed by atoms with Gasteiger partial charge in [-0.15, -0.1) is 0 Å². The van der Waals surface area contributed by atoms with Gasteiger partial charge in [0.05, 0.1) is 14.2 Å². The lowest BCUT2D eigenvalue weighted by Crippen LogP contribution is -2.43. The van der Waals surface area contributed by atoms with Crippen LogP contribution in [0.1, 0.15) is 31.2 Å². The van der Waals surface area contributed by atoms with Crippen molar-refractivity contribution in [2.24, 2.45) is 5.92 Å². The van der Waals surface area contributed by atoms with Crippen molar-refractivity contribution < 1.29 is 19.1 Å². The van der Waals surface area contributed by atoms with Gasteiger partial charge in [-0.2, -0.15) is 0 Å². The molecule has 1 aromatic rings. The first-order valence-corrected chi connectivity index (χ1v) is 9.60.